The van der Waals surface area contributed by atoms with Crippen LogP contribution in [0.1, 0.15) is 110 Å². The number of allylic oxidation sites excluding steroid dienone is 1. The first-order valence-electron chi connectivity index (χ1n) is 12.3. The molecule has 174 valence electrons. The Labute approximate surface area is 181 Å². The van der Waals surface area contributed by atoms with Crippen LogP contribution in [0.5, 0.6) is 0 Å². The van der Waals surface area contributed by atoms with Crippen LogP contribution in [0.25, 0.3) is 0 Å². The van der Waals surface area contributed by atoms with Gasteiger partial charge in [-0.3, -0.25) is 0 Å². The lowest BCUT2D eigenvalue weighted by molar-refractivity contribution is -0.0345. The molecular weight excluding hydrogens is 364 g/mol. The van der Waals surface area contributed by atoms with Crippen molar-refractivity contribution in [1.29, 1.82) is 0 Å². The van der Waals surface area contributed by atoms with Gasteiger partial charge >= 0.3 is 0 Å². The molecule has 0 radical (unpaired) electrons. The van der Waals surface area contributed by atoms with Gasteiger partial charge in [-0.15, -0.1) is 0 Å². The van der Waals surface area contributed by atoms with Gasteiger partial charge in [-0.2, -0.15) is 0 Å². The van der Waals surface area contributed by atoms with Crippen LogP contribution in [0, 0.1) is 0 Å². The predicted octanol–water partition coefficient (Wildman–Crippen LogP) is 6.19. The second kappa shape index (κ2) is 23.9. The summed E-state index contributed by atoms with van der Waals surface area (Å²) in [6.45, 7) is 2.61. The van der Waals surface area contributed by atoms with Crippen LogP contribution in [0.3, 0.4) is 0 Å². The monoisotopic (exact) mass is 414 g/mol. The molecular formula is C25H50O4. The maximum absolute atomic E-state index is 9.25. The number of hydrogen-bond acceptors (Lipinski definition) is 4. The van der Waals surface area contributed by atoms with Gasteiger partial charge in [0.15, 0.2) is 0 Å². The van der Waals surface area contributed by atoms with Crippen molar-refractivity contribution in [2.45, 2.75) is 122 Å². The first kappa shape index (κ1) is 28.6. The Hall–Kier alpha value is -0.420. The molecule has 2 atom stereocenters. The van der Waals surface area contributed by atoms with E-state index in [1.165, 1.54) is 89.9 Å². The lowest BCUT2D eigenvalue weighted by atomic mass is 10.0. The summed E-state index contributed by atoms with van der Waals surface area (Å²) in [5, 5.41) is 18.0. The summed E-state index contributed by atoms with van der Waals surface area (Å²) in [7, 11) is 1.68. The number of hydrogen-bond donors (Lipinski definition) is 2. The van der Waals surface area contributed by atoms with E-state index >= 15 is 0 Å². The summed E-state index contributed by atoms with van der Waals surface area (Å²) < 4.78 is 10.7. The minimum absolute atomic E-state index is 0.00786. The zero-order valence-electron chi connectivity index (χ0n) is 19.5. The Morgan fingerprint density at radius 2 is 1.24 bits per heavy atom. The highest BCUT2D eigenvalue weighted by Gasteiger charge is 2.07. The fourth-order valence-corrected chi connectivity index (χ4v) is 3.44. The predicted molar refractivity (Wildman–Crippen MR) is 123 cm³/mol. The van der Waals surface area contributed by atoms with Gasteiger partial charge in [0.05, 0.1) is 25.9 Å². The lowest BCUT2D eigenvalue weighted by Gasteiger charge is -2.15. The maximum Gasteiger partial charge on any atom is 0.100 e. The third kappa shape index (κ3) is 22.1. The lowest BCUT2D eigenvalue weighted by Crippen LogP contribution is -2.24. The van der Waals surface area contributed by atoms with E-state index < -0.39 is 6.10 Å². The van der Waals surface area contributed by atoms with Crippen LogP contribution in [0.15, 0.2) is 12.2 Å². The van der Waals surface area contributed by atoms with Gasteiger partial charge in [0.2, 0.25) is 0 Å². The van der Waals surface area contributed by atoms with Gasteiger partial charge in [0, 0.05) is 7.11 Å². The van der Waals surface area contributed by atoms with Crippen molar-refractivity contribution in [3.8, 4) is 0 Å². The largest absolute Gasteiger partial charge is 0.394 e. The van der Waals surface area contributed by atoms with Crippen molar-refractivity contribution >= 4 is 0 Å². The molecule has 0 unspecified atom stereocenters. The number of methoxy groups -OCH3 is 1. The van der Waals surface area contributed by atoms with Crippen LogP contribution in [-0.4, -0.2) is 49.4 Å². The zero-order valence-corrected chi connectivity index (χ0v) is 19.5. The third-order valence-electron chi connectivity index (χ3n) is 5.45. The third-order valence-corrected chi connectivity index (χ3v) is 5.45. The standard InChI is InChI=1S/C25H50O4/c1-3-4-5-6-7-8-9-10-11-12-13-14-15-16-17-18-19-20-25(28-2)23-29-22-24(27)21-26/h18-19,24-27H,3-17,20-23H2,1-2H3/b19-18-/t24-,25+/m0/s1. The van der Waals surface area contributed by atoms with E-state index in [0.717, 1.165) is 12.8 Å². The SMILES string of the molecule is CCCCCCCCCCCCCCCC/C=C\C[C@H](COC[C@@H](O)CO)OC. The Kier molecular flexibility index (Phi) is 23.5. The second-order valence-corrected chi connectivity index (χ2v) is 8.32. The van der Waals surface area contributed by atoms with E-state index in [2.05, 4.69) is 19.1 Å². The molecule has 0 aliphatic heterocycles. The van der Waals surface area contributed by atoms with Gasteiger partial charge in [-0.25, -0.2) is 0 Å². The smallest absolute Gasteiger partial charge is 0.100 e. The van der Waals surface area contributed by atoms with Crippen LogP contribution in [0.2, 0.25) is 0 Å². The second-order valence-electron chi connectivity index (χ2n) is 8.32. The van der Waals surface area contributed by atoms with Crippen LogP contribution in [0.4, 0.5) is 0 Å². The molecule has 0 fully saturated rings. The molecule has 0 bridgehead atoms. The molecule has 0 aliphatic carbocycles. The number of unbranched alkanes of at least 4 members (excludes halogenated alkanes) is 14. The van der Waals surface area contributed by atoms with E-state index in [1.54, 1.807) is 7.11 Å². The number of aliphatic hydroxyl groups is 2. The van der Waals surface area contributed by atoms with Crippen molar-refractivity contribution in [3.63, 3.8) is 0 Å². The summed E-state index contributed by atoms with van der Waals surface area (Å²) >= 11 is 0. The summed E-state index contributed by atoms with van der Waals surface area (Å²) in [5.74, 6) is 0. The highest BCUT2D eigenvalue weighted by molar-refractivity contribution is 4.84. The normalized spacial score (nSPS) is 13.9. The molecule has 0 heterocycles. The Balaban J connectivity index is 3.32. The Morgan fingerprint density at radius 1 is 0.724 bits per heavy atom. The topological polar surface area (TPSA) is 58.9 Å². The molecule has 2 N–H and O–H groups in total. The van der Waals surface area contributed by atoms with Gasteiger partial charge in [0.25, 0.3) is 0 Å². The first-order valence-corrected chi connectivity index (χ1v) is 12.3. The molecule has 0 aromatic heterocycles. The summed E-state index contributed by atoms with van der Waals surface area (Å²) in [6, 6.07) is 0. The van der Waals surface area contributed by atoms with Gasteiger partial charge in [-0.05, 0) is 19.3 Å². The summed E-state index contributed by atoms with van der Waals surface area (Å²) in [4.78, 5) is 0. The Morgan fingerprint density at radius 3 is 1.72 bits per heavy atom. The average Bonchev–Trinajstić information content (AvgIpc) is 2.74. The van der Waals surface area contributed by atoms with Gasteiger partial charge in [-0.1, -0.05) is 103 Å². The molecule has 0 aromatic rings. The fourth-order valence-electron chi connectivity index (χ4n) is 3.44. The van der Waals surface area contributed by atoms with Crippen LogP contribution < -0.4 is 0 Å². The van der Waals surface area contributed by atoms with Gasteiger partial charge < -0.3 is 19.7 Å². The number of ether oxygens (including phenoxy) is 2. The first-order chi connectivity index (χ1) is 14.2. The van der Waals surface area contributed by atoms with Crippen LogP contribution >= 0.6 is 0 Å². The number of rotatable bonds is 23. The molecule has 0 rings (SSSR count). The molecule has 0 amide bonds. The van der Waals surface area contributed by atoms with Crippen molar-refractivity contribution in [3.05, 3.63) is 12.2 Å². The molecule has 4 nitrogen and oxygen atoms in total. The zero-order chi connectivity index (χ0) is 21.4. The minimum atomic E-state index is -0.802. The number of aliphatic hydroxyl groups excluding tert-OH is 2. The molecule has 0 aromatic carbocycles. The van der Waals surface area contributed by atoms with Crippen molar-refractivity contribution in [2.24, 2.45) is 0 Å². The maximum atomic E-state index is 9.25. The highest BCUT2D eigenvalue weighted by atomic mass is 16.5. The van der Waals surface area contributed by atoms with E-state index in [0.29, 0.717) is 6.61 Å². The molecule has 0 aliphatic rings. The van der Waals surface area contributed by atoms with Crippen molar-refractivity contribution in [2.75, 3.05) is 26.9 Å². The quantitative estimate of drug-likeness (QED) is 0.155. The van der Waals surface area contributed by atoms with Gasteiger partial charge in [0.1, 0.15) is 6.10 Å². The molecule has 29 heavy (non-hydrogen) atoms. The Bertz CT molecular complexity index is 333. The van der Waals surface area contributed by atoms with E-state index in [4.69, 9.17) is 14.6 Å². The van der Waals surface area contributed by atoms with E-state index in [-0.39, 0.29) is 19.3 Å². The molecule has 0 saturated carbocycles. The molecule has 4 heteroatoms. The summed E-state index contributed by atoms with van der Waals surface area (Å²) in [6.07, 6.45) is 25.2. The average molecular weight is 415 g/mol. The minimum Gasteiger partial charge on any atom is -0.394 e. The van der Waals surface area contributed by atoms with E-state index in [9.17, 15) is 5.11 Å². The van der Waals surface area contributed by atoms with Crippen LogP contribution in [-0.2, 0) is 9.47 Å². The molecule has 0 saturated heterocycles. The summed E-state index contributed by atoms with van der Waals surface area (Å²) in [5.41, 5.74) is 0. The van der Waals surface area contributed by atoms with E-state index in [1.807, 2.05) is 0 Å². The van der Waals surface area contributed by atoms with Crippen molar-refractivity contribution < 1.29 is 19.7 Å². The molecule has 0 spiro atoms. The highest BCUT2D eigenvalue weighted by Crippen LogP contribution is 2.13. The fraction of sp³-hybridized carbons (Fsp3) is 0.920. The van der Waals surface area contributed by atoms with Crippen molar-refractivity contribution in [1.82, 2.24) is 0 Å².